The number of anilines is 1. The van der Waals surface area contributed by atoms with Gasteiger partial charge < -0.3 is 0 Å². The molecule has 112 valence electrons. The van der Waals surface area contributed by atoms with Gasteiger partial charge in [0.2, 0.25) is 0 Å². The number of benzene rings is 1. The van der Waals surface area contributed by atoms with E-state index in [-0.39, 0.29) is 15.6 Å². The summed E-state index contributed by atoms with van der Waals surface area (Å²) in [6, 6.07) is 4.45. The van der Waals surface area contributed by atoms with Crippen LogP contribution in [-0.4, -0.2) is 13.3 Å². The highest BCUT2D eigenvalue weighted by Gasteiger charge is 2.22. The molecule has 0 atom stereocenters. The molecule has 2 aromatic rings. The molecule has 0 aliphatic carbocycles. The average molecular weight is 391 g/mol. The van der Waals surface area contributed by atoms with Crippen molar-refractivity contribution in [2.45, 2.75) is 18.1 Å². The van der Waals surface area contributed by atoms with Gasteiger partial charge in [-0.25, -0.2) is 8.42 Å². The Bertz CT molecular complexity index is 815. The number of nitro benzene ring substituents is 1. The van der Waals surface area contributed by atoms with E-state index in [4.69, 9.17) is 0 Å². The topological polar surface area (TPSA) is 89.3 Å². The zero-order valence-corrected chi connectivity index (χ0v) is 14.3. The number of aryl methyl sites for hydroxylation is 2. The van der Waals surface area contributed by atoms with E-state index in [2.05, 4.69) is 20.7 Å². The molecular formula is C12H11BrN2O4S2. The highest BCUT2D eigenvalue weighted by molar-refractivity contribution is 9.10. The van der Waals surface area contributed by atoms with Gasteiger partial charge in [-0.15, -0.1) is 11.3 Å². The van der Waals surface area contributed by atoms with Crippen LogP contribution in [0.5, 0.6) is 0 Å². The summed E-state index contributed by atoms with van der Waals surface area (Å²) in [6.45, 7) is 3.30. The van der Waals surface area contributed by atoms with E-state index in [1.807, 2.05) is 0 Å². The van der Waals surface area contributed by atoms with Crippen molar-refractivity contribution in [3.63, 3.8) is 0 Å². The van der Waals surface area contributed by atoms with E-state index < -0.39 is 14.9 Å². The predicted octanol–water partition coefficient (Wildman–Crippen LogP) is 3.84. The molecular weight excluding hydrogens is 380 g/mol. The standard InChI is InChI=1S/C12H11BrN2O4S2/c1-7-5-8(2)11(15(16)17)6-10(7)14-21(18,19)12-9(13)3-4-20-12/h3-6,14H,1-2H3. The van der Waals surface area contributed by atoms with Crippen LogP contribution in [0.3, 0.4) is 0 Å². The lowest BCUT2D eigenvalue weighted by Gasteiger charge is -2.11. The van der Waals surface area contributed by atoms with Gasteiger partial charge in [-0.05, 0) is 52.9 Å². The largest absolute Gasteiger partial charge is 0.278 e. The van der Waals surface area contributed by atoms with Crippen LogP contribution in [0.25, 0.3) is 0 Å². The lowest BCUT2D eigenvalue weighted by Crippen LogP contribution is -2.13. The second kappa shape index (κ2) is 5.74. The number of hydrogen-bond acceptors (Lipinski definition) is 5. The highest BCUT2D eigenvalue weighted by Crippen LogP contribution is 2.32. The zero-order chi connectivity index (χ0) is 15.8. The van der Waals surface area contributed by atoms with Crippen LogP contribution >= 0.6 is 27.3 Å². The number of rotatable bonds is 4. The Hall–Kier alpha value is -1.45. The molecule has 0 unspecified atom stereocenters. The first kappa shape index (κ1) is 15.9. The molecule has 0 saturated heterocycles. The highest BCUT2D eigenvalue weighted by atomic mass is 79.9. The molecule has 0 aliphatic heterocycles. The van der Waals surface area contributed by atoms with Crippen LogP contribution in [0.4, 0.5) is 11.4 Å². The average Bonchev–Trinajstić information content (AvgIpc) is 2.79. The fourth-order valence-corrected chi connectivity index (χ4v) is 5.27. The quantitative estimate of drug-likeness (QED) is 0.634. The Morgan fingerprint density at radius 3 is 2.48 bits per heavy atom. The molecule has 0 amide bonds. The first-order valence-corrected chi connectivity index (χ1v) is 8.89. The lowest BCUT2D eigenvalue weighted by molar-refractivity contribution is -0.385. The van der Waals surface area contributed by atoms with Gasteiger partial charge in [0, 0.05) is 16.1 Å². The summed E-state index contributed by atoms with van der Waals surface area (Å²) in [5.41, 5.74) is 1.18. The monoisotopic (exact) mass is 390 g/mol. The molecule has 6 nitrogen and oxygen atoms in total. The number of nitrogens with zero attached hydrogens (tertiary/aromatic N) is 1. The van der Waals surface area contributed by atoms with Crippen molar-refractivity contribution in [2.75, 3.05) is 4.72 Å². The van der Waals surface area contributed by atoms with Crippen molar-refractivity contribution in [1.29, 1.82) is 0 Å². The van der Waals surface area contributed by atoms with Crippen LogP contribution < -0.4 is 4.72 Å². The Balaban J connectivity index is 2.47. The van der Waals surface area contributed by atoms with Gasteiger partial charge in [0.15, 0.2) is 4.21 Å². The van der Waals surface area contributed by atoms with Gasteiger partial charge in [-0.3, -0.25) is 14.8 Å². The van der Waals surface area contributed by atoms with E-state index >= 15 is 0 Å². The van der Waals surface area contributed by atoms with Crippen molar-refractivity contribution in [1.82, 2.24) is 0 Å². The predicted molar refractivity (Wildman–Crippen MR) is 85.4 cm³/mol. The number of nitrogens with one attached hydrogen (secondary N) is 1. The number of thiophene rings is 1. The fourth-order valence-electron chi connectivity index (χ4n) is 1.81. The van der Waals surface area contributed by atoms with Crippen molar-refractivity contribution >= 4 is 48.7 Å². The fraction of sp³-hybridized carbons (Fsp3) is 0.167. The third kappa shape index (κ3) is 3.25. The van der Waals surface area contributed by atoms with Gasteiger partial charge in [0.25, 0.3) is 15.7 Å². The normalized spacial score (nSPS) is 11.4. The molecule has 1 aromatic carbocycles. The molecule has 0 fully saturated rings. The number of hydrogen-bond donors (Lipinski definition) is 1. The Morgan fingerprint density at radius 1 is 1.29 bits per heavy atom. The molecule has 0 radical (unpaired) electrons. The molecule has 0 aliphatic rings. The minimum absolute atomic E-state index is 0.122. The molecule has 0 bridgehead atoms. The number of nitro groups is 1. The Morgan fingerprint density at radius 2 is 1.95 bits per heavy atom. The van der Waals surface area contributed by atoms with Gasteiger partial charge >= 0.3 is 0 Å². The summed E-state index contributed by atoms with van der Waals surface area (Å²) >= 11 is 4.23. The molecule has 1 heterocycles. The first-order valence-electron chi connectivity index (χ1n) is 5.74. The van der Waals surface area contributed by atoms with Gasteiger partial charge in [0.1, 0.15) is 0 Å². The van der Waals surface area contributed by atoms with E-state index in [9.17, 15) is 18.5 Å². The van der Waals surface area contributed by atoms with E-state index in [0.29, 0.717) is 15.6 Å². The SMILES string of the molecule is Cc1cc(C)c([N+](=O)[O-])cc1NS(=O)(=O)c1sccc1Br. The lowest BCUT2D eigenvalue weighted by atomic mass is 10.1. The maximum Gasteiger partial charge on any atom is 0.274 e. The number of sulfonamides is 1. The maximum absolute atomic E-state index is 12.3. The van der Waals surface area contributed by atoms with Gasteiger partial charge in [-0.1, -0.05) is 0 Å². The van der Waals surface area contributed by atoms with Crippen molar-refractivity contribution in [3.05, 3.63) is 49.3 Å². The van der Waals surface area contributed by atoms with Crippen LogP contribution in [-0.2, 0) is 10.0 Å². The molecule has 1 N–H and O–H groups in total. The molecule has 1 aromatic heterocycles. The molecule has 21 heavy (non-hydrogen) atoms. The van der Waals surface area contributed by atoms with E-state index in [1.54, 1.807) is 31.4 Å². The zero-order valence-electron chi connectivity index (χ0n) is 11.1. The molecule has 2 rings (SSSR count). The summed E-state index contributed by atoms with van der Waals surface area (Å²) in [5.74, 6) is 0. The molecule has 9 heteroatoms. The first-order chi connectivity index (χ1) is 9.72. The maximum atomic E-state index is 12.3. The summed E-state index contributed by atoms with van der Waals surface area (Å²) in [5, 5.41) is 12.6. The summed E-state index contributed by atoms with van der Waals surface area (Å²) in [6.07, 6.45) is 0. The number of halogens is 1. The van der Waals surface area contributed by atoms with Crippen molar-refractivity contribution in [2.24, 2.45) is 0 Å². The Labute approximate surface area is 134 Å². The second-order valence-electron chi connectivity index (χ2n) is 4.37. The van der Waals surface area contributed by atoms with E-state index in [0.717, 1.165) is 11.3 Å². The smallest absolute Gasteiger partial charge is 0.274 e. The van der Waals surface area contributed by atoms with Gasteiger partial charge in [0.05, 0.1) is 10.6 Å². The van der Waals surface area contributed by atoms with Crippen LogP contribution in [0.1, 0.15) is 11.1 Å². The second-order valence-corrected chi connectivity index (χ2v) is 8.02. The summed E-state index contributed by atoms with van der Waals surface area (Å²) < 4.78 is 27.6. The third-order valence-electron chi connectivity index (χ3n) is 2.81. The molecule has 0 spiro atoms. The van der Waals surface area contributed by atoms with E-state index in [1.165, 1.54) is 6.07 Å². The van der Waals surface area contributed by atoms with Crippen molar-refractivity contribution in [3.8, 4) is 0 Å². The van der Waals surface area contributed by atoms with Crippen LogP contribution in [0.2, 0.25) is 0 Å². The minimum Gasteiger partial charge on any atom is -0.278 e. The summed E-state index contributed by atoms with van der Waals surface area (Å²) in [4.78, 5) is 10.4. The minimum atomic E-state index is -3.78. The Kier molecular flexibility index (Phi) is 4.35. The van der Waals surface area contributed by atoms with Crippen molar-refractivity contribution < 1.29 is 13.3 Å². The molecule has 0 saturated carbocycles. The summed E-state index contributed by atoms with van der Waals surface area (Å²) in [7, 11) is -3.78. The third-order valence-corrected chi connectivity index (χ3v) is 6.85. The van der Waals surface area contributed by atoms with Crippen LogP contribution in [0.15, 0.2) is 32.3 Å². The van der Waals surface area contributed by atoms with Crippen LogP contribution in [0, 0.1) is 24.0 Å². The van der Waals surface area contributed by atoms with Gasteiger partial charge in [-0.2, -0.15) is 0 Å².